The Labute approximate surface area is 121 Å². The molecule has 0 amide bonds. The highest BCUT2D eigenvalue weighted by atomic mass is 35.5. The van der Waals surface area contributed by atoms with Gasteiger partial charge in [0.05, 0.1) is 5.88 Å². The molecule has 2 aromatic rings. The van der Waals surface area contributed by atoms with E-state index >= 15 is 0 Å². The molecular weight excluding hydrogens is 283 g/mol. The minimum Gasteiger partial charge on any atom is -0.455 e. The van der Waals surface area contributed by atoms with Crippen molar-refractivity contribution < 1.29 is 4.74 Å². The number of nitrogens with two attached hydrogens (primary N) is 1. The molecule has 0 heterocycles. The van der Waals surface area contributed by atoms with E-state index in [-0.39, 0.29) is 5.88 Å². The van der Waals surface area contributed by atoms with Crippen LogP contribution in [-0.2, 0) is 0 Å². The highest BCUT2D eigenvalue weighted by molar-refractivity contribution is 6.30. The molecule has 2 aromatic carbocycles. The maximum absolute atomic E-state index is 5.91. The van der Waals surface area contributed by atoms with Crippen LogP contribution in [0.1, 0.15) is 0 Å². The first-order valence-electron chi connectivity index (χ1n) is 5.60. The molecule has 0 aliphatic carbocycles. The molecule has 0 unspecified atom stereocenters. The minimum atomic E-state index is 0.172. The molecule has 0 radical (unpaired) electrons. The third kappa shape index (κ3) is 3.88. The van der Waals surface area contributed by atoms with Crippen molar-refractivity contribution in [3.05, 3.63) is 53.6 Å². The zero-order chi connectivity index (χ0) is 13.7. The van der Waals surface area contributed by atoms with Gasteiger partial charge in [0.25, 0.3) is 0 Å². The summed E-state index contributed by atoms with van der Waals surface area (Å²) in [5, 5.41) is 0.610. The van der Waals surface area contributed by atoms with Gasteiger partial charge in [-0.15, -0.1) is 11.6 Å². The summed E-state index contributed by atoms with van der Waals surface area (Å²) in [6, 6.07) is 14.5. The van der Waals surface area contributed by atoms with Gasteiger partial charge in [-0.05, 0) is 30.3 Å². The van der Waals surface area contributed by atoms with Crippen LogP contribution < -0.4 is 10.5 Å². The average molecular weight is 295 g/mol. The van der Waals surface area contributed by atoms with Gasteiger partial charge in [0.2, 0.25) is 0 Å². The minimum absolute atomic E-state index is 0.172. The lowest BCUT2D eigenvalue weighted by Crippen LogP contribution is -2.12. The van der Waals surface area contributed by atoms with Crippen molar-refractivity contribution in [1.82, 2.24) is 0 Å². The van der Waals surface area contributed by atoms with Crippen LogP contribution >= 0.6 is 23.2 Å². The van der Waals surface area contributed by atoms with Crippen molar-refractivity contribution in [1.29, 1.82) is 0 Å². The Morgan fingerprint density at radius 2 is 1.95 bits per heavy atom. The van der Waals surface area contributed by atoms with Gasteiger partial charge in [0, 0.05) is 5.02 Å². The summed E-state index contributed by atoms with van der Waals surface area (Å²) in [4.78, 5) is 4.20. The van der Waals surface area contributed by atoms with Crippen LogP contribution in [0.5, 0.6) is 11.5 Å². The number of hydrogen-bond donors (Lipinski definition) is 1. The molecule has 0 fully saturated rings. The molecule has 0 aliphatic heterocycles. The first kappa shape index (κ1) is 13.7. The molecule has 3 nitrogen and oxygen atoms in total. The summed E-state index contributed by atoms with van der Waals surface area (Å²) >= 11 is 11.5. The van der Waals surface area contributed by atoms with Crippen LogP contribution in [0.15, 0.2) is 53.5 Å². The number of alkyl halides is 1. The van der Waals surface area contributed by atoms with Gasteiger partial charge < -0.3 is 10.5 Å². The van der Waals surface area contributed by atoms with Crippen LogP contribution in [0.25, 0.3) is 0 Å². The van der Waals surface area contributed by atoms with E-state index in [9.17, 15) is 0 Å². The fourth-order valence-electron chi connectivity index (χ4n) is 1.48. The third-order valence-corrected chi connectivity index (χ3v) is 2.80. The number of nitrogens with zero attached hydrogens (tertiary/aromatic N) is 1. The summed E-state index contributed by atoms with van der Waals surface area (Å²) < 4.78 is 5.75. The molecule has 0 saturated carbocycles. The number of amidine groups is 1. The Morgan fingerprint density at radius 3 is 2.68 bits per heavy atom. The lowest BCUT2D eigenvalue weighted by Gasteiger charge is -2.08. The Balaban J connectivity index is 2.30. The fraction of sp³-hybridized carbons (Fsp3) is 0.0714. The van der Waals surface area contributed by atoms with Gasteiger partial charge in [-0.2, -0.15) is 0 Å². The Hall–Kier alpha value is -1.71. The van der Waals surface area contributed by atoms with E-state index in [2.05, 4.69) is 4.99 Å². The Bertz CT molecular complexity index is 600. The molecule has 0 aromatic heterocycles. The van der Waals surface area contributed by atoms with E-state index < -0.39 is 0 Å². The van der Waals surface area contributed by atoms with Crippen molar-refractivity contribution >= 4 is 34.7 Å². The maximum Gasteiger partial charge on any atom is 0.153 e. The van der Waals surface area contributed by atoms with E-state index in [1.807, 2.05) is 24.3 Å². The highest BCUT2D eigenvalue weighted by Crippen LogP contribution is 2.32. The smallest absolute Gasteiger partial charge is 0.153 e. The lowest BCUT2D eigenvalue weighted by molar-refractivity contribution is 0.484. The molecular formula is C14H12Cl2N2O. The Morgan fingerprint density at radius 1 is 1.16 bits per heavy atom. The number of rotatable bonds is 4. The monoisotopic (exact) mass is 294 g/mol. The van der Waals surface area contributed by atoms with Crippen LogP contribution in [0.2, 0.25) is 5.02 Å². The first-order valence-corrected chi connectivity index (χ1v) is 6.52. The summed E-state index contributed by atoms with van der Waals surface area (Å²) in [6.07, 6.45) is 0. The normalized spacial score (nSPS) is 11.4. The van der Waals surface area contributed by atoms with Crippen LogP contribution in [0.3, 0.4) is 0 Å². The standard InChI is InChI=1S/C14H12Cl2N2O/c15-9-14(17)18-12-6-1-2-7-13(12)19-11-5-3-4-10(16)8-11/h1-8H,9H2,(H2,17,18). The first-order chi connectivity index (χ1) is 9.19. The number of benzene rings is 2. The quantitative estimate of drug-likeness (QED) is 0.517. The van der Waals surface area contributed by atoms with Gasteiger partial charge in [0.1, 0.15) is 17.3 Å². The fourth-order valence-corrected chi connectivity index (χ4v) is 1.72. The summed E-state index contributed by atoms with van der Waals surface area (Å²) in [5.74, 6) is 1.74. The van der Waals surface area contributed by atoms with E-state index in [0.717, 1.165) is 0 Å². The molecule has 5 heteroatoms. The highest BCUT2D eigenvalue weighted by Gasteiger charge is 2.04. The van der Waals surface area contributed by atoms with Gasteiger partial charge in [-0.3, -0.25) is 0 Å². The van der Waals surface area contributed by atoms with E-state index in [4.69, 9.17) is 33.7 Å². The molecule has 0 atom stereocenters. The second-order valence-electron chi connectivity index (χ2n) is 3.76. The zero-order valence-electron chi connectivity index (χ0n) is 10.0. The number of ether oxygens (including phenoxy) is 1. The molecule has 0 spiro atoms. The second kappa shape index (κ2) is 6.45. The van der Waals surface area contributed by atoms with Gasteiger partial charge in [0.15, 0.2) is 5.75 Å². The van der Waals surface area contributed by atoms with Crippen molar-refractivity contribution in [2.75, 3.05) is 5.88 Å². The topological polar surface area (TPSA) is 47.6 Å². The SMILES string of the molecule is NC(CCl)=Nc1ccccc1Oc1cccc(Cl)c1. The van der Waals surface area contributed by atoms with Crippen molar-refractivity contribution in [2.24, 2.45) is 10.7 Å². The number of para-hydroxylation sites is 2. The van der Waals surface area contributed by atoms with Gasteiger partial charge >= 0.3 is 0 Å². The molecule has 0 aliphatic rings. The van der Waals surface area contributed by atoms with Crippen molar-refractivity contribution in [3.8, 4) is 11.5 Å². The number of aliphatic imine (C=N–C) groups is 1. The molecule has 2 rings (SSSR count). The Kier molecular flexibility index (Phi) is 4.66. The van der Waals surface area contributed by atoms with E-state index in [1.165, 1.54) is 0 Å². The summed E-state index contributed by atoms with van der Waals surface area (Å²) in [5.41, 5.74) is 6.26. The lowest BCUT2D eigenvalue weighted by atomic mass is 10.3. The van der Waals surface area contributed by atoms with Crippen LogP contribution in [0, 0.1) is 0 Å². The number of hydrogen-bond acceptors (Lipinski definition) is 2. The third-order valence-electron chi connectivity index (χ3n) is 2.29. The molecule has 0 bridgehead atoms. The van der Waals surface area contributed by atoms with E-state index in [0.29, 0.717) is 28.0 Å². The zero-order valence-corrected chi connectivity index (χ0v) is 11.5. The molecule has 2 N–H and O–H groups in total. The number of halogens is 2. The van der Waals surface area contributed by atoms with Crippen LogP contribution in [0.4, 0.5) is 5.69 Å². The average Bonchev–Trinajstić information content (AvgIpc) is 2.41. The predicted molar refractivity (Wildman–Crippen MR) is 80.0 cm³/mol. The molecule has 98 valence electrons. The molecule has 0 saturated heterocycles. The van der Waals surface area contributed by atoms with E-state index in [1.54, 1.807) is 24.3 Å². The van der Waals surface area contributed by atoms with Gasteiger partial charge in [-0.25, -0.2) is 4.99 Å². The van der Waals surface area contributed by atoms with Gasteiger partial charge in [-0.1, -0.05) is 29.8 Å². The largest absolute Gasteiger partial charge is 0.455 e. The molecule has 19 heavy (non-hydrogen) atoms. The van der Waals surface area contributed by atoms with Crippen LogP contribution in [-0.4, -0.2) is 11.7 Å². The second-order valence-corrected chi connectivity index (χ2v) is 4.47. The van der Waals surface area contributed by atoms with Crippen molar-refractivity contribution in [2.45, 2.75) is 0 Å². The summed E-state index contributed by atoms with van der Waals surface area (Å²) in [6.45, 7) is 0. The van der Waals surface area contributed by atoms with Crippen molar-refractivity contribution in [3.63, 3.8) is 0 Å². The maximum atomic E-state index is 5.91. The summed E-state index contributed by atoms with van der Waals surface area (Å²) in [7, 11) is 0. The predicted octanol–water partition coefficient (Wildman–Crippen LogP) is 4.36.